The summed E-state index contributed by atoms with van der Waals surface area (Å²) in [4.78, 5) is 4.36. The summed E-state index contributed by atoms with van der Waals surface area (Å²) in [5.41, 5.74) is 2.07. The van der Waals surface area contributed by atoms with Gasteiger partial charge in [0.05, 0.1) is 17.8 Å². The molecule has 0 saturated heterocycles. The van der Waals surface area contributed by atoms with E-state index in [2.05, 4.69) is 22.4 Å². The molecule has 0 unspecified atom stereocenters. The zero-order valence-electron chi connectivity index (χ0n) is 8.73. The lowest BCUT2D eigenvalue weighted by Crippen LogP contribution is -2.07. The summed E-state index contributed by atoms with van der Waals surface area (Å²) in [5.74, 6) is 0. The van der Waals surface area contributed by atoms with Crippen molar-refractivity contribution in [2.75, 3.05) is 25.6 Å². The highest BCUT2D eigenvalue weighted by Crippen LogP contribution is 2.19. The van der Waals surface area contributed by atoms with E-state index >= 15 is 0 Å². The summed E-state index contributed by atoms with van der Waals surface area (Å²) in [7, 11) is 1.70. The van der Waals surface area contributed by atoms with Crippen molar-refractivity contribution in [1.29, 1.82) is 0 Å². The van der Waals surface area contributed by atoms with E-state index in [4.69, 9.17) is 4.74 Å². The lowest BCUT2D eigenvalue weighted by atomic mass is 10.2. The molecule has 0 radical (unpaired) electrons. The number of aromatic nitrogens is 1. The maximum absolute atomic E-state index is 4.99. The number of rotatable bonds is 4. The van der Waals surface area contributed by atoms with Gasteiger partial charge in [-0.15, -0.1) is 0 Å². The Hall–Kier alpha value is -1.61. The Morgan fingerprint density at radius 2 is 2.13 bits per heavy atom. The van der Waals surface area contributed by atoms with Gasteiger partial charge >= 0.3 is 0 Å². The number of anilines is 1. The van der Waals surface area contributed by atoms with Crippen molar-refractivity contribution in [3.63, 3.8) is 0 Å². The molecule has 0 bridgehead atoms. The summed E-state index contributed by atoms with van der Waals surface area (Å²) < 4.78 is 4.99. The van der Waals surface area contributed by atoms with Crippen LogP contribution >= 0.6 is 0 Å². The first-order valence-corrected chi connectivity index (χ1v) is 4.98. The van der Waals surface area contributed by atoms with Crippen LogP contribution in [0.4, 0.5) is 5.69 Å². The van der Waals surface area contributed by atoms with E-state index in [-0.39, 0.29) is 0 Å². The number of hydrogen-bond donors (Lipinski definition) is 1. The second kappa shape index (κ2) is 4.75. The van der Waals surface area contributed by atoms with Gasteiger partial charge in [-0.3, -0.25) is 4.98 Å². The maximum Gasteiger partial charge on any atom is 0.0933 e. The Morgan fingerprint density at radius 1 is 1.27 bits per heavy atom. The first-order chi connectivity index (χ1) is 7.42. The lowest BCUT2D eigenvalue weighted by Gasteiger charge is -2.07. The van der Waals surface area contributed by atoms with E-state index in [1.807, 2.05) is 24.4 Å². The topological polar surface area (TPSA) is 34.1 Å². The van der Waals surface area contributed by atoms with Crippen LogP contribution in [0.15, 0.2) is 36.5 Å². The minimum Gasteiger partial charge on any atom is -0.383 e. The molecule has 15 heavy (non-hydrogen) atoms. The minimum atomic E-state index is 0.698. The molecule has 2 aromatic rings. The molecular formula is C12H14N2O. The molecule has 0 spiro atoms. The van der Waals surface area contributed by atoms with Gasteiger partial charge in [-0.1, -0.05) is 18.2 Å². The summed E-state index contributed by atoms with van der Waals surface area (Å²) in [6.07, 6.45) is 1.81. The SMILES string of the molecule is COCCNc1cccc2cccnc12. The quantitative estimate of drug-likeness (QED) is 0.772. The van der Waals surface area contributed by atoms with Crippen molar-refractivity contribution in [3.8, 4) is 0 Å². The molecule has 78 valence electrons. The number of nitrogens with zero attached hydrogens (tertiary/aromatic N) is 1. The molecule has 0 amide bonds. The van der Waals surface area contributed by atoms with E-state index < -0.39 is 0 Å². The molecular weight excluding hydrogens is 188 g/mol. The van der Waals surface area contributed by atoms with Gasteiger partial charge in [-0.2, -0.15) is 0 Å². The van der Waals surface area contributed by atoms with Crippen molar-refractivity contribution in [2.24, 2.45) is 0 Å². The molecule has 1 N–H and O–H groups in total. The zero-order chi connectivity index (χ0) is 10.5. The Kier molecular flexibility index (Phi) is 3.15. The van der Waals surface area contributed by atoms with Gasteiger partial charge < -0.3 is 10.1 Å². The fraction of sp³-hybridized carbons (Fsp3) is 0.250. The number of benzene rings is 1. The van der Waals surface area contributed by atoms with Gasteiger partial charge in [-0.05, 0) is 12.1 Å². The smallest absolute Gasteiger partial charge is 0.0933 e. The third-order valence-electron chi connectivity index (χ3n) is 2.25. The molecule has 0 aliphatic heterocycles. The molecule has 1 heterocycles. The van der Waals surface area contributed by atoms with Gasteiger partial charge in [0.25, 0.3) is 0 Å². The number of para-hydroxylation sites is 1. The summed E-state index contributed by atoms with van der Waals surface area (Å²) in [6.45, 7) is 1.50. The largest absolute Gasteiger partial charge is 0.383 e. The maximum atomic E-state index is 4.99. The molecule has 3 nitrogen and oxygen atoms in total. The van der Waals surface area contributed by atoms with Crippen molar-refractivity contribution in [1.82, 2.24) is 4.98 Å². The standard InChI is InChI=1S/C12H14N2O/c1-15-9-8-13-11-6-2-4-10-5-3-7-14-12(10)11/h2-7,13H,8-9H2,1H3. The predicted octanol–water partition coefficient (Wildman–Crippen LogP) is 2.29. The molecule has 1 aromatic heterocycles. The van der Waals surface area contributed by atoms with Crippen LogP contribution in [-0.2, 0) is 4.74 Å². The molecule has 0 aliphatic carbocycles. The third kappa shape index (κ3) is 2.25. The molecule has 2 rings (SSSR count). The molecule has 0 aliphatic rings. The Balaban J connectivity index is 2.26. The van der Waals surface area contributed by atoms with Crippen molar-refractivity contribution < 1.29 is 4.74 Å². The van der Waals surface area contributed by atoms with Crippen LogP contribution in [-0.4, -0.2) is 25.2 Å². The first kappa shape index (κ1) is 9.93. The van der Waals surface area contributed by atoms with Gasteiger partial charge in [0, 0.05) is 25.2 Å². The van der Waals surface area contributed by atoms with Gasteiger partial charge in [-0.25, -0.2) is 0 Å². The number of fused-ring (bicyclic) bond motifs is 1. The summed E-state index contributed by atoms with van der Waals surface area (Å²) in [6, 6.07) is 10.1. The van der Waals surface area contributed by atoms with Crippen molar-refractivity contribution >= 4 is 16.6 Å². The van der Waals surface area contributed by atoms with E-state index in [1.165, 1.54) is 0 Å². The number of nitrogens with one attached hydrogen (secondary N) is 1. The van der Waals surface area contributed by atoms with Crippen LogP contribution in [0.25, 0.3) is 10.9 Å². The fourth-order valence-corrected chi connectivity index (χ4v) is 1.53. The van der Waals surface area contributed by atoms with Crippen LogP contribution in [0.5, 0.6) is 0 Å². The van der Waals surface area contributed by atoms with E-state index in [0.717, 1.165) is 23.1 Å². The second-order valence-electron chi connectivity index (χ2n) is 3.30. The predicted molar refractivity (Wildman–Crippen MR) is 62.1 cm³/mol. The normalized spacial score (nSPS) is 10.5. The van der Waals surface area contributed by atoms with Crippen molar-refractivity contribution in [2.45, 2.75) is 0 Å². The van der Waals surface area contributed by atoms with Gasteiger partial charge in [0.1, 0.15) is 0 Å². The van der Waals surface area contributed by atoms with Gasteiger partial charge in [0.2, 0.25) is 0 Å². The second-order valence-corrected chi connectivity index (χ2v) is 3.30. The van der Waals surface area contributed by atoms with Crippen LogP contribution in [0.3, 0.4) is 0 Å². The molecule has 0 fully saturated rings. The van der Waals surface area contributed by atoms with Crippen LogP contribution in [0.1, 0.15) is 0 Å². The fourth-order valence-electron chi connectivity index (χ4n) is 1.53. The third-order valence-corrected chi connectivity index (χ3v) is 2.25. The molecule has 3 heteroatoms. The monoisotopic (exact) mass is 202 g/mol. The van der Waals surface area contributed by atoms with E-state index in [9.17, 15) is 0 Å². The van der Waals surface area contributed by atoms with E-state index in [1.54, 1.807) is 7.11 Å². The molecule has 0 atom stereocenters. The summed E-state index contributed by atoms with van der Waals surface area (Å²) >= 11 is 0. The highest BCUT2D eigenvalue weighted by molar-refractivity contribution is 5.90. The zero-order valence-corrected chi connectivity index (χ0v) is 8.73. The molecule has 1 aromatic carbocycles. The Labute approximate surface area is 89.1 Å². The van der Waals surface area contributed by atoms with Gasteiger partial charge in [0.15, 0.2) is 0 Å². The summed E-state index contributed by atoms with van der Waals surface area (Å²) in [5, 5.41) is 4.45. The lowest BCUT2D eigenvalue weighted by molar-refractivity contribution is 0.211. The van der Waals surface area contributed by atoms with Crippen LogP contribution in [0, 0.1) is 0 Å². The van der Waals surface area contributed by atoms with Crippen molar-refractivity contribution in [3.05, 3.63) is 36.5 Å². The Bertz CT molecular complexity index is 437. The number of hydrogen-bond acceptors (Lipinski definition) is 3. The van der Waals surface area contributed by atoms with Crippen LogP contribution < -0.4 is 5.32 Å². The Morgan fingerprint density at radius 3 is 3.00 bits per heavy atom. The average Bonchev–Trinajstić information content (AvgIpc) is 2.30. The van der Waals surface area contributed by atoms with E-state index in [0.29, 0.717) is 6.61 Å². The highest BCUT2D eigenvalue weighted by atomic mass is 16.5. The first-order valence-electron chi connectivity index (χ1n) is 4.98. The highest BCUT2D eigenvalue weighted by Gasteiger charge is 1.99. The molecule has 0 saturated carbocycles. The number of methoxy groups -OCH3 is 1. The number of ether oxygens (including phenoxy) is 1. The number of pyridine rings is 1. The van der Waals surface area contributed by atoms with Crippen LogP contribution in [0.2, 0.25) is 0 Å². The minimum absolute atomic E-state index is 0.698. The average molecular weight is 202 g/mol.